The molecule has 0 fully saturated rings. The fourth-order valence-electron chi connectivity index (χ4n) is 1.55. The number of phenols is 1. The van der Waals surface area contributed by atoms with Gasteiger partial charge in [0.25, 0.3) is 0 Å². The molecular weight excluding hydrogens is 238 g/mol. The Kier molecular flexibility index (Phi) is 3.02. The summed E-state index contributed by atoms with van der Waals surface area (Å²) in [6, 6.07) is 11.3. The predicted octanol–water partition coefficient (Wildman–Crippen LogP) is 2.86. The zero-order chi connectivity index (χ0) is 12.4. The number of halogens is 1. The summed E-state index contributed by atoms with van der Waals surface area (Å²) in [5, 5.41) is 9.87. The van der Waals surface area contributed by atoms with Gasteiger partial charge in [-0.3, -0.25) is 4.79 Å². The lowest BCUT2D eigenvalue weighted by atomic mass is 10.0. The monoisotopic (exact) mass is 247 g/mol. The van der Waals surface area contributed by atoms with Crippen LogP contribution in [0.1, 0.15) is 15.9 Å². The summed E-state index contributed by atoms with van der Waals surface area (Å²) in [4.78, 5) is 12.1. The molecule has 0 aliphatic rings. The molecule has 3 N–H and O–H groups in total. The number of nitrogens with two attached hydrogens (primary N) is 1. The van der Waals surface area contributed by atoms with Gasteiger partial charge < -0.3 is 10.8 Å². The van der Waals surface area contributed by atoms with E-state index in [1.807, 2.05) is 0 Å². The van der Waals surface area contributed by atoms with Crippen molar-refractivity contribution >= 4 is 23.1 Å². The Balaban J connectivity index is 2.52. The molecule has 2 aromatic rings. The number of nitrogen functional groups attached to an aromatic ring is 1. The van der Waals surface area contributed by atoms with Crippen LogP contribution in [0, 0.1) is 0 Å². The summed E-state index contributed by atoms with van der Waals surface area (Å²) in [5.41, 5.74) is 6.58. The number of benzene rings is 2. The SMILES string of the molecule is Nc1ccccc1C(=O)c1cccc(Cl)c1O. The first kappa shape index (κ1) is 11.5. The van der Waals surface area contributed by atoms with Crippen LogP contribution in [0.2, 0.25) is 5.02 Å². The van der Waals surface area contributed by atoms with Crippen LogP contribution < -0.4 is 5.73 Å². The molecule has 2 rings (SSSR count). The molecular formula is C13H10ClNO2. The van der Waals surface area contributed by atoms with Gasteiger partial charge >= 0.3 is 0 Å². The highest BCUT2D eigenvalue weighted by Gasteiger charge is 2.16. The third-order valence-electron chi connectivity index (χ3n) is 2.44. The Labute approximate surface area is 103 Å². The van der Waals surface area contributed by atoms with Gasteiger partial charge in [-0.1, -0.05) is 29.8 Å². The van der Waals surface area contributed by atoms with Gasteiger partial charge in [0.1, 0.15) is 5.75 Å². The molecule has 3 nitrogen and oxygen atoms in total. The zero-order valence-corrected chi connectivity index (χ0v) is 9.61. The molecule has 0 bridgehead atoms. The number of carbonyl (C=O) groups is 1. The largest absolute Gasteiger partial charge is 0.506 e. The molecule has 0 saturated carbocycles. The van der Waals surface area contributed by atoms with Gasteiger partial charge in [-0.15, -0.1) is 0 Å². The Morgan fingerprint density at radius 3 is 2.41 bits per heavy atom. The van der Waals surface area contributed by atoms with Crippen LogP contribution >= 0.6 is 11.6 Å². The summed E-state index contributed by atoms with van der Waals surface area (Å²) in [7, 11) is 0. The van der Waals surface area contributed by atoms with Crippen LogP contribution in [0.15, 0.2) is 42.5 Å². The summed E-state index contributed by atoms with van der Waals surface area (Å²) in [6.07, 6.45) is 0. The number of para-hydroxylation sites is 2. The zero-order valence-electron chi connectivity index (χ0n) is 8.85. The van der Waals surface area contributed by atoms with Crippen molar-refractivity contribution in [3.05, 3.63) is 58.6 Å². The van der Waals surface area contributed by atoms with E-state index in [4.69, 9.17) is 17.3 Å². The van der Waals surface area contributed by atoms with Crippen molar-refractivity contribution in [2.75, 3.05) is 5.73 Å². The molecule has 2 aromatic carbocycles. The molecule has 0 saturated heterocycles. The van der Waals surface area contributed by atoms with Gasteiger partial charge in [0.05, 0.1) is 10.6 Å². The lowest BCUT2D eigenvalue weighted by molar-refractivity contribution is 0.103. The Hall–Kier alpha value is -2.00. The first-order valence-corrected chi connectivity index (χ1v) is 5.35. The number of carbonyl (C=O) groups excluding carboxylic acids is 1. The fraction of sp³-hybridized carbons (Fsp3) is 0. The Bertz CT molecular complexity index is 581. The van der Waals surface area contributed by atoms with Crippen LogP contribution in [0.4, 0.5) is 5.69 Å². The quantitative estimate of drug-likeness (QED) is 0.634. The number of hydrogen-bond acceptors (Lipinski definition) is 3. The summed E-state index contributed by atoms with van der Waals surface area (Å²) >= 11 is 5.75. The van der Waals surface area contributed by atoms with E-state index in [2.05, 4.69) is 0 Å². The van der Waals surface area contributed by atoms with Crippen molar-refractivity contribution in [3.63, 3.8) is 0 Å². The van der Waals surface area contributed by atoms with Crippen LogP contribution in [-0.4, -0.2) is 10.9 Å². The maximum atomic E-state index is 12.1. The molecule has 0 aromatic heterocycles. The lowest BCUT2D eigenvalue weighted by Crippen LogP contribution is -2.05. The second-order valence-electron chi connectivity index (χ2n) is 3.55. The van der Waals surface area contributed by atoms with Crippen LogP contribution in [-0.2, 0) is 0 Å². The standard InChI is InChI=1S/C13H10ClNO2/c14-10-6-3-5-9(13(10)17)12(16)8-4-1-2-7-11(8)15/h1-7,17H,15H2. The maximum Gasteiger partial charge on any atom is 0.198 e. The van der Waals surface area contributed by atoms with Crippen molar-refractivity contribution in [2.24, 2.45) is 0 Å². The molecule has 0 atom stereocenters. The normalized spacial score (nSPS) is 10.2. The number of rotatable bonds is 2. The van der Waals surface area contributed by atoms with Crippen molar-refractivity contribution in [1.82, 2.24) is 0 Å². The topological polar surface area (TPSA) is 63.3 Å². The average Bonchev–Trinajstić information content (AvgIpc) is 2.32. The minimum absolute atomic E-state index is 0.144. The maximum absolute atomic E-state index is 12.1. The van der Waals surface area contributed by atoms with E-state index in [0.29, 0.717) is 11.3 Å². The minimum Gasteiger partial charge on any atom is -0.506 e. The average molecular weight is 248 g/mol. The first-order valence-electron chi connectivity index (χ1n) is 4.98. The van der Waals surface area contributed by atoms with E-state index in [9.17, 15) is 9.90 Å². The molecule has 17 heavy (non-hydrogen) atoms. The summed E-state index contributed by atoms with van der Waals surface area (Å²) in [5.74, 6) is -0.564. The van der Waals surface area contributed by atoms with E-state index in [1.54, 1.807) is 30.3 Å². The van der Waals surface area contributed by atoms with Gasteiger partial charge in [0.2, 0.25) is 0 Å². The van der Waals surface area contributed by atoms with Crippen LogP contribution in [0.3, 0.4) is 0 Å². The smallest absolute Gasteiger partial charge is 0.198 e. The summed E-state index contributed by atoms with van der Waals surface area (Å²) in [6.45, 7) is 0. The molecule has 0 amide bonds. The molecule has 0 heterocycles. The third kappa shape index (κ3) is 2.10. The number of aromatic hydroxyl groups is 1. The van der Waals surface area contributed by atoms with Gasteiger partial charge in [-0.25, -0.2) is 0 Å². The highest BCUT2D eigenvalue weighted by atomic mass is 35.5. The Morgan fingerprint density at radius 2 is 1.71 bits per heavy atom. The van der Waals surface area contributed by atoms with Crippen LogP contribution in [0.25, 0.3) is 0 Å². The predicted molar refractivity (Wildman–Crippen MR) is 67.4 cm³/mol. The fourth-order valence-corrected chi connectivity index (χ4v) is 1.72. The molecule has 0 spiro atoms. The lowest BCUT2D eigenvalue weighted by Gasteiger charge is -2.07. The Morgan fingerprint density at radius 1 is 1.06 bits per heavy atom. The van der Waals surface area contributed by atoms with Gasteiger partial charge in [0, 0.05) is 11.3 Å². The van der Waals surface area contributed by atoms with Crippen molar-refractivity contribution in [1.29, 1.82) is 0 Å². The van der Waals surface area contributed by atoms with Gasteiger partial charge in [-0.05, 0) is 24.3 Å². The number of phenolic OH excluding ortho intramolecular Hbond substituents is 1. The number of ketones is 1. The minimum atomic E-state index is -0.344. The van der Waals surface area contributed by atoms with Crippen LogP contribution in [0.5, 0.6) is 5.75 Å². The molecule has 0 aliphatic carbocycles. The van der Waals surface area contributed by atoms with Gasteiger partial charge in [-0.2, -0.15) is 0 Å². The first-order chi connectivity index (χ1) is 8.11. The number of anilines is 1. The molecule has 0 aliphatic heterocycles. The molecule has 0 unspecified atom stereocenters. The molecule has 86 valence electrons. The summed E-state index contributed by atoms with van der Waals surface area (Å²) < 4.78 is 0. The van der Waals surface area contributed by atoms with E-state index in [0.717, 1.165) is 0 Å². The third-order valence-corrected chi connectivity index (χ3v) is 2.74. The molecule has 4 heteroatoms. The van der Waals surface area contributed by atoms with Gasteiger partial charge in [0.15, 0.2) is 5.78 Å². The second-order valence-corrected chi connectivity index (χ2v) is 3.96. The van der Waals surface area contributed by atoms with Crippen molar-refractivity contribution in [2.45, 2.75) is 0 Å². The highest BCUT2D eigenvalue weighted by Crippen LogP contribution is 2.29. The van der Waals surface area contributed by atoms with E-state index >= 15 is 0 Å². The highest BCUT2D eigenvalue weighted by molar-refractivity contribution is 6.33. The van der Waals surface area contributed by atoms with E-state index < -0.39 is 0 Å². The van der Waals surface area contributed by atoms with E-state index in [-0.39, 0.29) is 22.1 Å². The second kappa shape index (κ2) is 4.47. The van der Waals surface area contributed by atoms with E-state index in [1.165, 1.54) is 12.1 Å². The van der Waals surface area contributed by atoms with Crippen molar-refractivity contribution in [3.8, 4) is 5.75 Å². The number of hydrogen-bond donors (Lipinski definition) is 2. The van der Waals surface area contributed by atoms with Crippen molar-refractivity contribution < 1.29 is 9.90 Å². The molecule has 0 radical (unpaired) electrons.